The van der Waals surface area contributed by atoms with Crippen LogP contribution in [0.4, 0.5) is 9.93 Å². The molecule has 5 N–H and O–H groups in total. The third-order valence-corrected chi connectivity index (χ3v) is 7.08. The van der Waals surface area contributed by atoms with E-state index in [1.165, 1.54) is 24.3 Å². The number of rotatable bonds is 9. The van der Waals surface area contributed by atoms with Crippen LogP contribution in [0, 0.1) is 5.41 Å². The second kappa shape index (κ2) is 11.7. The molecule has 206 valence electrons. The Bertz CT molecular complexity index is 1210. The lowest BCUT2D eigenvalue weighted by Crippen LogP contribution is -2.71. The number of amides is 3. The monoisotopic (exact) mass is 570 g/mol. The van der Waals surface area contributed by atoms with Crippen LogP contribution in [0.2, 0.25) is 0 Å². The molecule has 3 amide bonds. The normalized spacial score (nSPS) is 19.2. The number of β-lactam (4-membered cyclic amide) rings is 1. The van der Waals surface area contributed by atoms with Crippen molar-refractivity contribution < 1.29 is 43.0 Å². The molecule has 15 nitrogen and oxygen atoms in total. The maximum absolute atomic E-state index is 13.1. The van der Waals surface area contributed by atoms with Gasteiger partial charge < -0.3 is 35.8 Å². The van der Waals surface area contributed by atoms with Crippen LogP contribution in [0.3, 0.4) is 0 Å². The van der Waals surface area contributed by atoms with Gasteiger partial charge in [0, 0.05) is 16.7 Å². The van der Waals surface area contributed by atoms with Crippen LogP contribution in [0.15, 0.2) is 21.8 Å². The van der Waals surface area contributed by atoms with Gasteiger partial charge in [-0.15, -0.1) is 23.1 Å². The Morgan fingerprint density at radius 2 is 1.95 bits per heavy atom. The number of nitrogens with one attached hydrogen (secondary N) is 1. The summed E-state index contributed by atoms with van der Waals surface area (Å²) in [6.45, 7) is 3.80. The number of esters is 2. The average Bonchev–Trinajstić information content (AvgIpc) is 3.28. The molecule has 0 aromatic carbocycles. The number of nitrogens with zero attached hydrogens (tertiary/aromatic N) is 3. The van der Waals surface area contributed by atoms with Crippen LogP contribution in [-0.2, 0) is 38.2 Å². The Labute approximate surface area is 224 Å². The zero-order valence-electron chi connectivity index (χ0n) is 20.8. The lowest BCUT2D eigenvalue weighted by atomic mass is 9.98. The van der Waals surface area contributed by atoms with Gasteiger partial charge in [0.15, 0.2) is 10.8 Å². The first-order valence-electron chi connectivity index (χ1n) is 10.9. The van der Waals surface area contributed by atoms with E-state index in [9.17, 15) is 24.0 Å². The molecule has 1 fully saturated rings. The summed E-state index contributed by atoms with van der Waals surface area (Å²) >= 11 is 2.30. The fraction of sp³-hybridized carbons (Fsp3) is 0.476. The largest absolute Gasteiger partial charge is 0.445 e. The molecular weight excluding hydrogens is 544 g/mol. The van der Waals surface area contributed by atoms with Gasteiger partial charge in [-0.05, 0) is 20.8 Å². The Morgan fingerprint density at radius 3 is 2.53 bits per heavy atom. The Morgan fingerprint density at radius 1 is 1.24 bits per heavy atom. The van der Waals surface area contributed by atoms with E-state index in [4.69, 9.17) is 30.5 Å². The zero-order valence-corrected chi connectivity index (χ0v) is 22.5. The first kappa shape index (κ1) is 28.7. The van der Waals surface area contributed by atoms with E-state index < -0.39 is 53.5 Å². The molecule has 38 heavy (non-hydrogen) atoms. The highest BCUT2D eigenvalue weighted by atomic mass is 32.2. The molecule has 1 aromatic rings. The summed E-state index contributed by atoms with van der Waals surface area (Å²) in [5, 5.41) is 7.27. The molecular formula is C21H26N6O9S2. The summed E-state index contributed by atoms with van der Waals surface area (Å²) in [5.74, 6) is -2.84. The second-order valence-electron chi connectivity index (χ2n) is 8.85. The summed E-state index contributed by atoms with van der Waals surface area (Å²) in [7, 11) is 1.24. The van der Waals surface area contributed by atoms with Crippen molar-refractivity contribution in [3.05, 3.63) is 22.3 Å². The molecule has 0 bridgehead atoms. The van der Waals surface area contributed by atoms with Crippen molar-refractivity contribution in [1.29, 1.82) is 0 Å². The van der Waals surface area contributed by atoms with Gasteiger partial charge in [0.25, 0.3) is 11.8 Å². The molecule has 3 rings (SSSR count). The molecule has 1 aromatic heterocycles. The number of ether oxygens (including phenoxy) is 3. The highest BCUT2D eigenvalue weighted by Crippen LogP contribution is 2.40. The number of nitrogens with two attached hydrogens (primary N) is 2. The number of thiazole rings is 1. The van der Waals surface area contributed by atoms with E-state index in [2.05, 4.69) is 15.5 Å². The van der Waals surface area contributed by atoms with E-state index in [0.717, 1.165) is 16.2 Å². The van der Waals surface area contributed by atoms with Gasteiger partial charge in [0.2, 0.25) is 6.79 Å². The topological polar surface area (TPSA) is 215 Å². The first-order chi connectivity index (χ1) is 17.8. The zero-order chi connectivity index (χ0) is 28.2. The minimum Gasteiger partial charge on any atom is -0.445 e. The van der Waals surface area contributed by atoms with Crippen molar-refractivity contribution in [2.45, 2.75) is 32.2 Å². The third-order valence-electron chi connectivity index (χ3n) is 5.07. The number of fused-ring (bicyclic) bond motifs is 1. The van der Waals surface area contributed by atoms with E-state index in [-0.39, 0.29) is 40.2 Å². The summed E-state index contributed by atoms with van der Waals surface area (Å²) in [6, 6.07) is -1.04. The molecule has 0 radical (unpaired) electrons. The maximum Gasteiger partial charge on any atom is 0.404 e. The molecule has 0 spiro atoms. The highest BCUT2D eigenvalue weighted by molar-refractivity contribution is 8.00. The van der Waals surface area contributed by atoms with Crippen molar-refractivity contribution in [2.24, 2.45) is 16.3 Å². The SMILES string of the molecule is CO/N=C(\C(=O)NC1C(=O)N2C(C(=O)OCOC(=O)C(C)(C)C)=C(COC(N)=O)CSC12)c1csc(N)n1. The quantitative estimate of drug-likeness (QED) is 0.117. The third kappa shape index (κ3) is 6.34. The molecule has 2 atom stereocenters. The maximum atomic E-state index is 13.1. The number of primary amides is 1. The number of anilines is 1. The number of oxime groups is 1. The first-order valence-corrected chi connectivity index (χ1v) is 12.8. The molecule has 1 saturated heterocycles. The van der Waals surface area contributed by atoms with Crippen LogP contribution in [0.1, 0.15) is 26.5 Å². The minimum atomic E-state index is -1.08. The summed E-state index contributed by atoms with van der Waals surface area (Å²) < 4.78 is 14.8. The van der Waals surface area contributed by atoms with Gasteiger partial charge in [-0.2, -0.15) is 0 Å². The van der Waals surface area contributed by atoms with Gasteiger partial charge in [-0.1, -0.05) is 5.16 Å². The van der Waals surface area contributed by atoms with Crippen molar-refractivity contribution >= 4 is 63.8 Å². The van der Waals surface area contributed by atoms with Crippen LogP contribution >= 0.6 is 23.1 Å². The molecule has 17 heteroatoms. The van der Waals surface area contributed by atoms with E-state index >= 15 is 0 Å². The van der Waals surface area contributed by atoms with Gasteiger partial charge in [0.05, 0.1) is 5.41 Å². The van der Waals surface area contributed by atoms with Crippen molar-refractivity contribution in [1.82, 2.24) is 15.2 Å². The number of thioether (sulfide) groups is 1. The second-order valence-corrected chi connectivity index (χ2v) is 10.8. The van der Waals surface area contributed by atoms with Crippen LogP contribution < -0.4 is 16.8 Å². The van der Waals surface area contributed by atoms with Crippen molar-refractivity contribution in [3.63, 3.8) is 0 Å². The molecule has 3 heterocycles. The number of carbonyl (C=O) groups is 5. The van der Waals surface area contributed by atoms with Gasteiger partial charge >= 0.3 is 18.0 Å². The standard InChI is InChI=1S/C21H26N6O9S2/c1-21(2,3)18(31)36-8-35-17(30)13-9(5-34-20(23)32)6-37-16-12(15(29)27(13)16)25-14(28)11(26-33-4)10-7-38-19(22)24-10/h7,12,16H,5-6,8H2,1-4H3,(H2,22,24)(H2,23,32)(H,25,28)/b26-11-. The fourth-order valence-corrected chi connectivity index (χ4v) is 5.14. The number of hydrogen-bond donors (Lipinski definition) is 3. The van der Waals surface area contributed by atoms with Crippen molar-refractivity contribution in [2.75, 3.05) is 32.0 Å². The van der Waals surface area contributed by atoms with Gasteiger partial charge in [-0.25, -0.2) is 14.6 Å². The number of carbonyl (C=O) groups excluding carboxylic acids is 5. The van der Waals surface area contributed by atoms with Crippen molar-refractivity contribution in [3.8, 4) is 0 Å². The van der Waals surface area contributed by atoms with E-state index in [0.29, 0.717) is 0 Å². The smallest absolute Gasteiger partial charge is 0.404 e. The summed E-state index contributed by atoms with van der Waals surface area (Å²) in [5.41, 5.74) is 9.86. The molecule has 2 unspecified atom stereocenters. The van der Waals surface area contributed by atoms with Crippen LogP contribution in [-0.4, -0.2) is 83.1 Å². The summed E-state index contributed by atoms with van der Waals surface area (Å²) in [6.07, 6.45) is -1.08. The lowest BCUT2D eigenvalue weighted by molar-refractivity contribution is -0.173. The highest BCUT2D eigenvalue weighted by Gasteiger charge is 2.55. The molecule has 2 aliphatic rings. The van der Waals surface area contributed by atoms with E-state index in [1.807, 2.05) is 0 Å². The van der Waals surface area contributed by atoms with Crippen LogP contribution in [0.25, 0.3) is 0 Å². The van der Waals surface area contributed by atoms with E-state index in [1.54, 1.807) is 20.8 Å². The fourth-order valence-electron chi connectivity index (χ4n) is 3.26. The Balaban J connectivity index is 1.77. The molecule has 0 saturated carbocycles. The minimum absolute atomic E-state index is 0.141. The average molecular weight is 571 g/mol. The van der Waals surface area contributed by atoms with Gasteiger partial charge in [0.1, 0.15) is 36.5 Å². The lowest BCUT2D eigenvalue weighted by Gasteiger charge is -2.49. The number of aromatic nitrogens is 1. The number of hydrogen-bond acceptors (Lipinski definition) is 14. The van der Waals surface area contributed by atoms with Crippen LogP contribution in [0.5, 0.6) is 0 Å². The molecule has 0 aliphatic carbocycles. The predicted octanol–water partition coefficient (Wildman–Crippen LogP) is -0.0849. The Kier molecular flexibility index (Phi) is 8.82. The van der Waals surface area contributed by atoms with Gasteiger partial charge in [-0.3, -0.25) is 19.3 Å². The Hall–Kier alpha value is -3.86. The molecule has 2 aliphatic heterocycles. The predicted molar refractivity (Wildman–Crippen MR) is 134 cm³/mol. The number of nitrogen functional groups attached to an aromatic ring is 1. The summed E-state index contributed by atoms with van der Waals surface area (Å²) in [4.78, 5) is 71.9.